The molecule has 3 rings (SSSR count). The van der Waals surface area contributed by atoms with Crippen LogP contribution in [0.25, 0.3) is 5.03 Å². The molecule has 1 aliphatic rings. The highest BCUT2D eigenvalue weighted by atomic mass is 35.5. The molecule has 6 nitrogen and oxygen atoms in total. The fourth-order valence-corrected chi connectivity index (χ4v) is 3.15. The number of ether oxygens (including phenoxy) is 2. The number of amides is 2. The van der Waals surface area contributed by atoms with Crippen LogP contribution in [0.2, 0.25) is 0 Å². The van der Waals surface area contributed by atoms with Gasteiger partial charge < -0.3 is 19.7 Å². The summed E-state index contributed by atoms with van der Waals surface area (Å²) in [6, 6.07) is 15.7. The fraction of sp³-hybridized carbons (Fsp3) is 0.238. The number of hydrogen-bond acceptors (Lipinski definition) is 4. The summed E-state index contributed by atoms with van der Waals surface area (Å²) in [7, 11) is 1.52. The predicted molar refractivity (Wildman–Crippen MR) is 107 cm³/mol. The number of carbonyl (C=O) groups excluding carboxylic acids is 2. The minimum atomic E-state index is -0.412. The Morgan fingerprint density at radius 2 is 1.68 bits per heavy atom. The van der Waals surface area contributed by atoms with Crippen molar-refractivity contribution in [2.45, 2.75) is 0 Å². The summed E-state index contributed by atoms with van der Waals surface area (Å²) in [6.45, 7) is 1.75. The number of methoxy groups -OCH3 is 1. The lowest BCUT2D eigenvalue weighted by molar-refractivity contribution is -0.131. The van der Waals surface area contributed by atoms with Gasteiger partial charge in [-0.05, 0) is 24.3 Å². The molecule has 1 saturated heterocycles. The molecule has 2 aromatic carbocycles. The lowest BCUT2D eigenvalue weighted by Gasteiger charge is -2.28. The molecule has 0 unspecified atom stereocenters. The van der Waals surface area contributed by atoms with Crippen LogP contribution in [0.4, 0.5) is 0 Å². The molecule has 0 aromatic heterocycles. The quantitative estimate of drug-likeness (QED) is 0.783. The Bertz CT molecular complexity index is 877. The minimum absolute atomic E-state index is 0.0157. The van der Waals surface area contributed by atoms with Crippen LogP contribution < -0.4 is 10.1 Å². The van der Waals surface area contributed by atoms with Gasteiger partial charge in [0, 0.05) is 24.2 Å². The van der Waals surface area contributed by atoms with E-state index >= 15 is 0 Å². The maximum absolute atomic E-state index is 13.2. The Hall–Kier alpha value is -2.83. The highest BCUT2D eigenvalue weighted by molar-refractivity contribution is 6.51. The third-order valence-electron chi connectivity index (χ3n) is 4.35. The monoisotopic (exact) mass is 400 g/mol. The van der Waals surface area contributed by atoms with Crippen molar-refractivity contribution in [3.05, 3.63) is 71.4 Å². The zero-order chi connectivity index (χ0) is 19.9. The first kappa shape index (κ1) is 19.9. The van der Waals surface area contributed by atoms with Gasteiger partial charge >= 0.3 is 0 Å². The van der Waals surface area contributed by atoms with Gasteiger partial charge in [0.05, 0.1) is 25.4 Å². The average Bonchev–Trinajstić information content (AvgIpc) is 2.77. The largest absolute Gasteiger partial charge is 0.496 e. The molecule has 1 fully saturated rings. The Labute approximate surface area is 168 Å². The van der Waals surface area contributed by atoms with Crippen molar-refractivity contribution < 1.29 is 19.1 Å². The van der Waals surface area contributed by atoms with Gasteiger partial charge in [-0.15, -0.1) is 0 Å². The highest BCUT2D eigenvalue weighted by Crippen LogP contribution is 2.31. The van der Waals surface area contributed by atoms with Crippen LogP contribution >= 0.6 is 11.6 Å². The summed E-state index contributed by atoms with van der Waals surface area (Å²) in [6.07, 6.45) is 0. The molecule has 1 N–H and O–H groups in total. The summed E-state index contributed by atoms with van der Waals surface area (Å²) in [5.41, 5.74) is 0.970. The van der Waals surface area contributed by atoms with E-state index in [-0.39, 0.29) is 16.6 Å². The summed E-state index contributed by atoms with van der Waals surface area (Å²) >= 11 is 6.61. The molecule has 146 valence electrons. The number of morpholine rings is 1. The number of rotatable bonds is 5. The molecule has 2 amide bonds. The van der Waals surface area contributed by atoms with Crippen molar-refractivity contribution in [2.75, 3.05) is 33.4 Å². The van der Waals surface area contributed by atoms with E-state index in [2.05, 4.69) is 5.32 Å². The summed E-state index contributed by atoms with van der Waals surface area (Å²) < 4.78 is 10.7. The van der Waals surface area contributed by atoms with Crippen LogP contribution in [0.3, 0.4) is 0 Å². The van der Waals surface area contributed by atoms with E-state index in [4.69, 9.17) is 21.1 Å². The number of benzene rings is 2. The van der Waals surface area contributed by atoms with Gasteiger partial charge in [-0.3, -0.25) is 9.59 Å². The Balaban J connectivity index is 2.00. The van der Waals surface area contributed by atoms with Gasteiger partial charge in [0.25, 0.3) is 11.8 Å². The SMILES string of the molecule is COc1ccccc1/C(Cl)=C(/NC(=O)c1ccccc1)C(=O)N1CCOCC1. The molecule has 1 aliphatic heterocycles. The standard InChI is InChI=1S/C21H21ClN2O4/c1-27-17-10-6-5-9-16(17)18(22)19(21(26)24-11-13-28-14-12-24)23-20(25)15-7-3-2-4-8-15/h2-10H,11-14H2,1H3,(H,23,25)/b19-18-. The molecule has 0 radical (unpaired) electrons. The molecule has 28 heavy (non-hydrogen) atoms. The minimum Gasteiger partial charge on any atom is -0.496 e. The molecule has 2 aromatic rings. The molecule has 0 aliphatic carbocycles. The maximum atomic E-state index is 13.2. The van der Waals surface area contributed by atoms with Gasteiger partial charge in [-0.25, -0.2) is 0 Å². The second-order valence-electron chi connectivity index (χ2n) is 6.11. The smallest absolute Gasteiger partial charge is 0.272 e. The Kier molecular flexibility index (Phi) is 6.68. The van der Waals surface area contributed by atoms with Crippen LogP contribution in [0, 0.1) is 0 Å². The highest BCUT2D eigenvalue weighted by Gasteiger charge is 2.26. The van der Waals surface area contributed by atoms with Crippen LogP contribution in [-0.4, -0.2) is 50.1 Å². The first-order chi connectivity index (χ1) is 13.6. The normalized spacial score (nSPS) is 14.9. The van der Waals surface area contributed by atoms with Crippen molar-refractivity contribution in [1.82, 2.24) is 10.2 Å². The van der Waals surface area contributed by atoms with Crippen molar-refractivity contribution in [3.8, 4) is 5.75 Å². The lowest BCUT2D eigenvalue weighted by Crippen LogP contribution is -2.44. The Morgan fingerprint density at radius 3 is 2.36 bits per heavy atom. The summed E-state index contributed by atoms with van der Waals surface area (Å²) in [4.78, 5) is 27.5. The first-order valence-electron chi connectivity index (χ1n) is 8.88. The van der Waals surface area contributed by atoms with Crippen molar-refractivity contribution in [2.24, 2.45) is 0 Å². The van der Waals surface area contributed by atoms with Crippen LogP contribution in [0.1, 0.15) is 15.9 Å². The zero-order valence-corrected chi connectivity index (χ0v) is 16.2. The van der Waals surface area contributed by atoms with Gasteiger partial charge in [0.15, 0.2) is 0 Å². The number of nitrogens with one attached hydrogen (secondary N) is 1. The lowest BCUT2D eigenvalue weighted by atomic mass is 10.1. The van der Waals surface area contributed by atoms with E-state index in [0.29, 0.717) is 43.2 Å². The molecule has 0 atom stereocenters. The van der Waals surface area contributed by atoms with Crippen LogP contribution in [-0.2, 0) is 9.53 Å². The number of para-hydroxylation sites is 1. The third kappa shape index (κ3) is 4.52. The average molecular weight is 401 g/mol. The van der Waals surface area contributed by atoms with E-state index in [9.17, 15) is 9.59 Å². The number of nitrogens with zero attached hydrogens (tertiary/aromatic N) is 1. The third-order valence-corrected chi connectivity index (χ3v) is 4.74. The number of carbonyl (C=O) groups is 2. The van der Waals surface area contributed by atoms with Gasteiger partial charge in [0.2, 0.25) is 0 Å². The van der Waals surface area contributed by atoms with E-state index in [1.165, 1.54) is 7.11 Å². The zero-order valence-electron chi connectivity index (χ0n) is 15.5. The van der Waals surface area contributed by atoms with E-state index in [0.717, 1.165) is 0 Å². The number of hydrogen-bond donors (Lipinski definition) is 1. The molecule has 0 saturated carbocycles. The topological polar surface area (TPSA) is 67.9 Å². The second-order valence-corrected chi connectivity index (χ2v) is 6.49. The van der Waals surface area contributed by atoms with E-state index in [1.807, 2.05) is 6.07 Å². The summed E-state index contributed by atoms with van der Waals surface area (Å²) in [5, 5.41) is 2.82. The van der Waals surface area contributed by atoms with Gasteiger partial charge in [-0.2, -0.15) is 0 Å². The number of halogens is 1. The van der Waals surface area contributed by atoms with E-state index in [1.54, 1.807) is 53.4 Å². The molecular weight excluding hydrogens is 380 g/mol. The molecule has 1 heterocycles. The first-order valence-corrected chi connectivity index (χ1v) is 9.26. The van der Waals surface area contributed by atoms with Crippen LogP contribution in [0.15, 0.2) is 60.3 Å². The van der Waals surface area contributed by atoms with Crippen LogP contribution in [0.5, 0.6) is 5.75 Å². The molecule has 0 bridgehead atoms. The predicted octanol–water partition coefficient (Wildman–Crippen LogP) is 2.89. The molecule has 7 heteroatoms. The summed E-state index contributed by atoms with van der Waals surface area (Å²) in [5.74, 6) is -0.262. The van der Waals surface area contributed by atoms with Crippen molar-refractivity contribution in [3.63, 3.8) is 0 Å². The van der Waals surface area contributed by atoms with Gasteiger partial charge in [-0.1, -0.05) is 41.9 Å². The van der Waals surface area contributed by atoms with Crippen molar-refractivity contribution >= 4 is 28.4 Å². The van der Waals surface area contributed by atoms with Gasteiger partial charge in [0.1, 0.15) is 11.4 Å². The molecule has 0 spiro atoms. The second kappa shape index (κ2) is 9.39. The Morgan fingerprint density at radius 1 is 1.04 bits per heavy atom. The molecular formula is C21H21ClN2O4. The van der Waals surface area contributed by atoms with Crippen molar-refractivity contribution in [1.29, 1.82) is 0 Å². The fourth-order valence-electron chi connectivity index (χ4n) is 2.86. The van der Waals surface area contributed by atoms with E-state index < -0.39 is 5.91 Å². The maximum Gasteiger partial charge on any atom is 0.272 e.